The molecule has 0 aliphatic carbocycles. The number of rotatable bonds is 2. The Morgan fingerprint density at radius 3 is 2.91 bits per heavy atom. The Balaban J connectivity index is 2.93. The van der Waals surface area contributed by atoms with Gasteiger partial charge in [-0.25, -0.2) is 0 Å². The van der Waals surface area contributed by atoms with E-state index in [4.69, 9.17) is 16.3 Å². The first-order chi connectivity index (χ1) is 5.24. The second-order valence-electron chi connectivity index (χ2n) is 2.21. The number of hydrogen-bond donors (Lipinski definition) is 1. The minimum Gasteiger partial charge on any atom is -0.508 e. The summed E-state index contributed by atoms with van der Waals surface area (Å²) in [5, 5.41) is 9.83. The van der Waals surface area contributed by atoms with Crippen molar-refractivity contribution in [2.45, 2.75) is 6.61 Å². The van der Waals surface area contributed by atoms with E-state index < -0.39 is 0 Å². The number of hydrogen-bond acceptors (Lipinski definition) is 2. The Kier molecular flexibility index (Phi) is 2.74. The van der Waals surface area contributed by atoms with Crippen molar-refractivity contribution in [3.8, 4) is 5.75 Å². The van der Waals surface area contributed by atoms with Gasteiger partial charge in [0, 0.05) is 17.7 Å². The van der Waals surface area contributed by atoms with Crippen LogP contribution in [0.15, 0.2) is 18.2 Å². The summed E-state index contributed by atoms with van der Waals surface area (Å²) in [6.45, 7) is 0.381. The zero-order valence-electron chi connectivity index (χ0n) is 6.17. The van der Waals surface area contributed by atoms with Gasteiger partial charge < -0.3 is 9.84 Å². The van der Waals surface area contributed by atoms with Gasteiger partial charge in [0.2, 0.25) is 0 Å². The summed E-state index contributed by atoms with van der Waals surface area (Å²) in [5.41, 5.74) is 0.708. The third-order valence-corrected chi connectivity index (χ3v) is 1.58. The van der Waals surface area contributed by atoms with E-state index in [-0.39, 0.29) is 5.75 Å². The molecule has 1 aromatic rings. The molecule has 0 radical (unpaired) electrons. The van der Waals surface area contributed by atoms with Crippen molar-refractivity contribution in [3.63, 3.8) is 0 Å². The molecule has 0 atom stereocenters. The van der Waals surface area contributed by atoms with Crippen LogP contribution in [-0.2, 0) is 11.3 Å². The molecular formula is C8H9ClO2. The average molecular weight is 173 g/mol. The van der Waals surface area contributed by atoms with Gasteiger partial charge in [0.05, 0.1) is 6.61 Å². The maximum atomic E-state index is 9.23. The lowest BCUT2D eigenvalue weighted by molar-refractivity contribution is 0.182. The molecule has 0 unspecified atom stereocenters. The number of benzene rings is 1. The molecule has 1 aromatic carbocycles. The van der Waals surface area contributed by atoms with Crippen LogP contribution in [0.2, 0.25) is 5.02 Å². The highest BCUT2D eigenvalue weighted by molar-refractivity contribution is 6.30. The Hall–Kier alpha value is -0.730. The molecule has 0 heterocycles. The predicted octanol–water partition coefficient (Wildman–Crippen LogP) is 2.19. The summed E-state index contributed by atoms with van der Waals surface area (Å²) >= 11 is 5.69. The molecular weight excluding hydrogens is 164 g/mol. The van der Waals surface area contributed by atoms with Crippen LogP contribution in [0.1, 0.15) is 5.56 Å². The van der Waals surface area contributed by atoms with E-state index in [1.54, 1.807) is 25.3 Å². The van der Waals surface area contributed by atoms with Gasteiger partial charge in [-0.3, -0.25) is 0 Å². The quantitative estimate of drug-likeness (QED) is 0.741. The van der Waals surface area contributed by atoms with Crippen LogP contribution in [0.25, 0.3) is 0 Å². The number of phenols is 1. The van der Waals surface area contributed by atoms with E-state index in [1.807, 2.05) is 0 Å². The third-order valence-electron chi connectivity index (χ3n) is 1.34. The summed E-state index contributed by atoms with van der Waals surface area (Å²) in [4.78, 5) is 0. The summed E-state index contributed by atoms with van der Waals surface area (Å²) in [7, 11) is 1.57. The van der Waals surface area contributed by atoms with Crippen molar-refractivity contribution in [3.05, 3.63) is 28.8 Å². The SMILES string of the molecule is COCc1cc(Cl)ccc1O. The summed E-state index contributed by atoms with van der Waals surface area (Å²) in [6, 6.07) is 4.87. The van der Waals surface area contributed by atoms with Gasteiger partial charge in [-0.2, -0.15) is 0 Å². The molecule has 3 heteroatoms. The minimum absolute atomic E-state index is 0.219. The minimum atomic E-state index is 0.219. The number of halogens is 1. The highest BCUT2D eigenvalue weighted by atomic mass is 35.5. The zero-order chi connectivity index (χ0) is 8.27. The highest BCUT2D eigenvalue weighted by Crippen LogP contribution is 2.21. The maximum Gasteiger partial charge on any atom is 0.121 e. The molecule has 0 fully saturated rings. The Labute approximate surface area is 70.4 Å². The number of ether oxygens (including phenoxy) is 1. The van der Waals surface area contributed by atoms with Gasteiger partial charge in [0.25, 0.3) is 0 Å². The van der Waals surface area contributed by atoms with Crippen LogP contribution in [0.3, 0.4) is 0 Å². The average Bonchev–Trinajstić information content (AvgIpc) is 1.98. The molecule has 0 spiro atoms. The van der Waals surface area contributed by atoms with Crippen molar-refractivity contribution in [2.24, 2.45) is 0 Å². The highest BCUT2D eigenvalue weighted by Gasteiger charge is 1.99. The summed E-state index contributed by atoms with van der Waals surface area (Å²) < 4.78 is 4.85. The molecule has 1 rings (SSSR count). The second-order valence-corrected chi connectivity index (χ2v) is 2.64. The van der Waals surface area contributed by atoms with Gasteiger partial charge in [0.15, 0.2) is 0 Å². The van der Waals surface area contributed by atoms with Crippen molar-refractivity contribution >= 4 is 11.6 Å². The smallest absolute Gasteiger partial charge is 0.121 e. The molecule has 1 N–H and O–H groups in total. The van der Waals surface area contributed by atoms with Crippen molar-refractivity contribution < 1.29 is 9.84 Å². The third kappa shape index (κ3) is 2.10. The second kappa shape index (κ2) is 3.60. The molecule has 0 saturated heterocycles. The van der Waals surface area contributed by atoms with Crippen molar-refractivity contribution in [2.75, 3.05) is 7.11 Å². The molecule has 0 bridgehead atoms. The summed E-state index contributed by atoms with van der Waals surface area (Å²) in [6.07, 6.45) is 0. The van der Waals surface area contributed by atoms with E-state index in [0.29, 0.717) is 17.2 Å². The van der Waals surface area contributed by atoms with E-state index in [9.17, 15) is 5.11 Å². The van der Waals surface area contributed by atoms with Crippen LogP contribution in [0.4, 0.5) is 0 Å². The van der Waals surface area contributed by atoms with Gasteiger partial charge in [-0.1, -0.05) is 11.6 Å². The molecule has 2 nitrogen and oxygen atoms in total. The van der Waals surface area contributed by atoms with Crippen LogP contribution in [0, 0.1) is 0 Å². The lowest BCUT2D eigenvalue weighted by Crippen LogP contribution is -1.87. The largest absolute Gasteiger partial charge is 0.508 e. The standard InChI is InChI=1S/C8H9ClO2/c1-11-5-6-4-7(9)2-3-8(6)10/h2-4,10H,5H2,1H3. The van der Waals surface area contributed by atoms with E-state index in [0.717, 1.165) is 0 Å². The van der Waals surface area contributed by atoms with Crippen molar-refractivity contribution in [1.29, 1.82) is 0 Å². The zero-order valence-corrected chi connectivity index (χ0v) is 6.93. The van der Waals surface area contributed by atoms with Gasteiger partial charge in [-0.05, 0) is 18.2 Å². The fraction of sp³-hybridized carbons (Fsp3) is 0.250. The van der Waals surface area contributed by atoms with E-state index in [2.05, 4.69) is 0 Å². The molecule has 0 aromatic heterocycles. The number of phenolic OH excluding ortho intramolecular Hbond substituents is 1. The number of aromatic hydroxyl groups is 1. The number of methoxy groups -OCH3 is 1. The lowest BCUT2D eigenvalue weighted by Gasteiger charge is -2.02. The van der Waals surface area contributed by atoms with Crippen LogP contribution < -0.4 is 0 Å². The van der Waals surface area contributed by atoms with E-state index >= 15 is 0 Å². The first kappa shape index (κ1) is 8.37. The fourth-order valence-corrected chi connectivity index (χ4v) is 1.02. The lowest BCUT2D eigenvalue weighted by atomic mass is 10.2. The van der Waals surface area contributed by atoms with Crippen molar-refractivity contribution in [1.82, 2.24) is 0 Å². The van der Waals surface area contributed by atoms with Crippen LogP contribution in [-0.4, -0.2) is 12.2 Å². The molecule has 60 valence electrons. The van der Waals surface area contributed by atoms with Crippen LogP contribution in [0.5, 0.6) is 5.75 Å². The summed E-state index contributed by atoms with van der Waals surface area (Å²) in [5.74, 6) is 0.219. The monoisotopic (exact) mass is 172 g/mol. The predicted molar refractivity (Wildman–Crippen MR) is 43.8 cm³/mol. The molecule has 0 saturated carbocycles. The fourth-order valence-electron chi connectivity index (χ4n) is 0.825. The maximum absolute atomic E-state index is 9.23. The molecule has 0 aliphatic heterocycles. The van der Waals surface area contributed by atoms with Gasteiger partial charge in [0.1, 0.15) is 5.75 Å². The molecule has 0 amide bonds. The topological polar surface area (TPSA) is 29.5 Å². The van der Waals surface area contributed by atoms with Gasteiger partial charge >= 0.3 is 0 Å². The molecule has 0 aliphatic rings. The van der Waals surface area contributed by atoms with E-state index in [1.165, 1.54) is 0 Å². The first-order valence-corrected chi connectivity index (χ1v) is 3.58. The first-order valence-electron chi connectivity index (χ1n) is 3.20. The Morgan fingerprint density at radius 2 is 2.27 bits per heavy atom. The molecule has 11 heavy (non-hydrogen) atoms. The van der Waals surface area contributed by atoms with Gasteiger partial charge in [-0.15, -0.1) is 0 Å². The Bertz CT molecular complexity index is 248. The Morgan fingerprint density at radius 1 is 1.55 bits per heavy atom. The normalized spacial score (nSPS) is 10.0. The van der Waals surface area contributed by atoms with Crippen LogP contribution >= 0.6 is 11.6 Å².